The second-order valence-corrected chi connectivity index (χ2v) is 3.27. The smallest absolute Gasteiger partial charge is 0.325 e. The van der Waals surface area contributed by atoms with E-state index in [0.29, 0.717) is 0 Å². The van der Waals surface area contributed by atoms with Gasteiger partial charge in [-0.1, -0.05) is 0 Å². The first kappa shape index (κ1) is 10.5. The van der Waals surface area contributed by atoms with Gasteiger partial charge in [-0.25, -0.2) is 0 Å². The average Bonchev–Trinajstić information content (AvgIpc) is 2.03. The minimum Gasteiger partial charge on any atom is -0.325 e. The van der Waals surface area contributed by atoms with E-state index in [9.17, 15) is 13.2 Å². The van der Waals surface area contributed by atoms with Crippen molar-refractivity contribution in [3.63, 3.8) is 0 Å². The van der Waals surface area contributed by atoms with Crippen molar-refractivity contribution >= 4 is 15.9 Å². The Hall–Kier alpha value is -0.620. The number of hydrogen-bond acceptors (Lipinski definition) is 2. The van der Waals surface area contributed by atoms with Gasteiger partial charge in [0, 0.05) is 17.2 Å². The normalized spacial score (nSPS) is 11.8. The lowest BCUT2D eigenvalue weighted by Crippen LogP contribution is -2.13. The first-order valence-electron chi connectivity index (χ1n) is 3.37. The van der Waals surface area contributed by atoms with Crippen molar-refractivity contribution in [2.24, 2.45) is 5.73 Å². The van der Waals surface area contributed by atoms with E-state index in [-0.39, 0.29) is 16.7 Å². The van der Waals surface area contributed by atoms with Gasteiger partial charge in [0.1, 0.15) is 0 Å². The van der Waals surface area contributed by atoms with Crippen LogP contribution in [0.3, 0.4) is 0 Å². The monoisotopic (exact) mass is 254 g/mol. The molecule has 0 aliphatic carbocycles. The van der Waals surface area contributed by atoms with Crippen molar-refractivity contribution < 1.29 is 13.2 Å². The van der Waals surface area contributed by atoms with Crippen LogP contribution in [0.1, 0.15) is 11.3 Å². The fourth-order valence-electron chi connectivity index (χ4n) is 0.876. The largest absolute Gasteiger partial charge is 0.418 e. The highest BCUT2D eigenvalue weighted by molar-refractivity contribution is 9.10. The standard InChI is InChI=1S/C7H6BrF3N2/c8-4-1-5(7(9,10)11)6(2-12)13-3-4/h1,3H,2,12H2. The third-order valence-electron chi connectivity index (χ3n) is 1.44. The Bertz CT molecular complexity index is 311. The molecule has 0 bridgehead atoms. The third kappa shape index (κ3) is 2.41. The Morgan fingerprint density at radius 3 is 2.54 bits per heavy atom. The zero-order chi connectivity index (χ0) is 10.1. The lowest BCUT2D eigenvalue weighted by atomic mass is 10.2. The number of halogens is 4. The summed E-state index contributed by atoms with van der Waals surface area (Å²) in [7, 11) is 0. The summed E-state index contributed by atoms with van der Waals surface area (Å²) < 4.78 is 37.2. The first-order chi connectivity index (χ1) is 5.95. The van der Waals surface area contributed by atoms with Gasteiger partial charge in [-0.3, -0.25) is 4.98 Å². The molecule has 1 rings (SSSR count). The van der Waals surface area contributed by atoms with Crippen molar-refractivity contribution in [2.45, 2.75) is 12.7 Å². The second kappa shape index (κ2) is 3.63. The fourth-order valence-corrected chi connectivity index (χ4v) is 1.21. The molecule has 0 saturated heterocycles. The highest BCUT2D eigenvalue weighted by Gasteiger charge is 2.33. The van der Waals surface area contributed by atoms with E-state index in [1.54, 1.807) is 0 Å². The molecule has 0 atom stereocenters. The van der Waals surface area contributed by atoms with Crippen LogP contribution in [-0.4, -0.2) is 4.98 Å². The van der Waals surface area contributed by atoms with E-state index in [1.165, 1.54) is 6.20 Å². The Morgan fingerprint density at radius 2 is 2.08 bits per heavy atom. The molecular formula is C7H6BrF3N2. The number of alkyl halides is 3. The van der Waals surface area contributed by atoms with Gasteiger partial charge in [0.2, 0.25) is 0 Å². The van der Waals surface area contributed by atoms with E-state index in [0.717, 1.165) is 6.07 Å². The van der Waals surface area contributed by atoms with E-state index in [1.807, 2.05) is 0 Å². The SMILES string of the molecule is NCc1ncc(Br)cc1C(F)(F)F. The number of aromatic nitrogens is 1. The van der Waals surface area contributed by atoms with Crippen LogP contribution < -0.4 is 5.73 Å². The molecule has 13 heavy (non-hydrogen) atoms. The zero-order valence-corrected chi connectivity index (χ0v) is 7.98. The molecule has 0 fully saturated rings. The molecule has 0 aromatic carbocycles. The minimum atomic E-state index is -4.40. The molecule has 0 aliphatic rings. The van der Waals surface area contributed by atoms with E-state index < -0.39 is 11.7 Å². The first-order valence-corrected chi connectivity index (χ1v) is 4.16. The molecule has 1 aromatic heterocycles. The third-order valence-corrected chi connectivity index (χ3v) is 1.87. The van der Waals surface area contributed by atoms with E-state index in [4.69, 9.17) is 5.73 Å². The van der Waals surface area contributed by atoms with Gasteiger partial charge in [0.15, 0.2) is 0 Å². The quantitative estimate of drug-likeness (QED) is 0.836. The van der Waals surface area contributed by atoms with Gasteiger partial charge in [-0.2, -0.15) is 13.2 Å². The summed E-state index contributed by atoms with van der Waals surface area (Å²) in [5, 5.41) is 0. The van der Waals surface area contributed by atoms with Crippen LogP contribution in [-0.2, 0) is 12.7 Å². The number of hydrogen-bond donors (Lipinski definition) is 1. The maximum Gasteiger partial charge on any atom is 0.418 e. The van der Waals surface area contributed by atoms with Crippen molar-refractivity contribution in [1.29, 1.82) is 0 Å². The summed E-state index contributed by atoms with van der Waals surface area (Å²) in [6, 6.07) is 0.967. The molecule has 0 radical (unpaired) electrons. The molecule has 72 valence electrons. The van der Waals surface area contributed by atoms with Gasteiger partial charge in [0.25, 0.3) is 0 Å². The molecule has 1 aromatic rings. The highest BCUT2D eigenvalue weighted by Crippen LogP contribution is 2.32. The van der Waals surface area contributed by atoms with E-state index >= 15 is 0 Å². The van der Waals surface area contributed by atoms with Crippen molar-refractivity contribution in [3.05, 3.63) is 28.0 Å². The molecule has 0 unspecified atom stereocenters. The number of nitrogens with zero attached hydrogens (tertiary/aromatic N) is 1. The van der Waals surface area contributed by atoms with Crippen LogP contribution in [0, 0.1) is 0 Å². The van der Waals surface area contributed by atoms with Gasteiger partial charge in [0.05, 0.1) is 11.3 Å². The van der Waals surface area contributed by atoms with Crippen molar-refractivity contribution in [2.75, 3.05) is 0 Å². The number of rotatable bonds is 1. The predicted octanol–water partition coefficient (Wildman–Crippen LogP) is 2.32. The molecule has 6 heteroatoms. The summed E-state index contributed by atoms with van der Waals surface area (Å²) in [5.41, 5.74) is 4.19. The van der Waals surface area contributed by atoms with Gasteiger partial charge in [-0.05, 0) is 22.0 Å². The molecule has 2 N–H and O–H groups in total. The van der Waals surface area contributed by atoms with Crippen LogP contribution >= 0.6 is 15.9 Å². The topological polar surface area (TPSA) is 38.9 Å². The minimum absolute atomic E-state index is 0.143. The Labute approximate surface area is 81.1 Å². The fraction of sp³-hybridized carbons (Fsp3) is 0.286. The Balaban J connectivity index is 3.24. The zero-order valence-electron chi connectivity index (χ0n) is 6.40. The second-order valence-electron chi connectivity index (χ2n) is 2.35. The van der Waals surface area contributed by atoms with Crippen LogP contribution in [0.2, 0.25) is 0 Å². The molecule has 2 nitrogen and oxygen atoms in total. The van der Waals surface area contributed by atoms with Crippen molar-refractivity contribution in [1.82, 2.24) is 4.98 Å². The summed E-state index contributed by atoms with van der Waals surface area (Å²) in [4.78, 5) is 3.57. The highest BCUT2D eigenvalue weighted by atomic mass is 79.9. The molecule has 0 spiro atoms. The lowest BCUT2D eigenvalue weighted by molar-refractivity contribution is -0.138. The maximum atomic E-state index is 12.3. The molecule has 0 amide bonds. The molecule has 1 heterocycles. The summed E-state index contributed by atoms with van der Waals surface area (Å²) in [5.74, 6) is 0. The average molecular weight is 255 g/mol. The van der Waals surface area contributed by atoms with Crippen LogP contribution in [0.25, 0.3) is 0 Å². The van der Waals surface area contributed by atoms with Gasteiger partial charge >= 0.3 is 6.18 Å². The van der Waals surface area contributed by atoms with Crippen LogP contribution in [0.4, 0.5) is 13.2 Å². The molecular weight excluding hydrogens is 249 g/mol. The van der Waals surface area contributed by atoms with Crippen LogP contribution in [0.5, 0.6) is 0 Å². The van der Waals surface area contributed by atoms with Crippen LogP contribution in [0.15, 0.2) is 16.7 Å². The summed E-state index contributed by atoms with van der Waals surface area (Å²) in [6.45, 7) is -0.220. The van der Waals surface area contributed by atoms with Gasteiger partial charge in [-0.15, -0.1) is 0 Å². The molecule has 0 saturated carbocycles. The van der Waals surface area contributed by atoms with Crippen molar-refractivity contribution in [3.8, 4) is 0 Å². The number of pyridine rings is 1. The Kier molecular flexibility index (Phi) is 2.92. The Morgan fingerprint density at radius 1 is 1.46 bits per heavy atom. The predicted molar refractivity (Wildman–Crippen MR) is 44.8 cm³/mol. The number of nitrogens with two attached hydrogens (primary N) is 1. The van der Waals surface area contributed by atoms with E-state index in [2.05, 4.69) is 20.9 Å². The summed E-state index contributed by atoms with van der Waals surface area (Å²) in [6.07, 6.45) is -3.11. The van der Waals surface area contributed by atoms with Gasteiger partial charge < -0.3 is 5.73 Å². The summed E-state index contributed by atoms with van der Waals surface area (Å²) >= 11 is 2.91. The molecule has 0 aliphatic heterocycles. The maximum absolute atomic E-state index is 12.3. The lowest BCUT2D eigenvalue weighted by Gasteiger charge is -2.10.